The Morgan fingerprint density at radius 1 is 1.18 bits per heavy atom. The van der Waals surface area contributed by atoms with Crippen molar-refractivity contribution < 1.29 is 9.53 Å². The van der Waals surface area contributed by atoms with Gasteiger partial charge in [-0.2, -0.15) is 0 Å². The summed E-state index contributed by atoms with van der Waals surface area (Å²) < 4.78 is 5.07. The van der Waals surface area contributed by atoms with Gasteiger partial charge in [0, 0.05) is 0 Å². The third kappa shape index (κ3) is 3.01. The Labute approximate surface area is 98.3 Å². The van der Waals surface area contributed by atoms with Crippen LogP contribution in [0.4, 0.5) is 5.82 Å². The number of ether oxygens (including phenoxy) is 1. The van der Waals surface area contributed by atoms with E-state index >= 15 is 0 Å². The number of hydrogen-bond acceptors (Lipinski definition) is 5. The van der Waals surface area contributed by atoms with E-state index in [0.29, 0.717) is 0 Å². The van der Waals surface area contributed by atoms with E-state index in [4.69, 9.17) is 10.5 Å². The molecule has 0 saturated carbocycles. The van der Waals surface area contributed by atoms with E-state index in [1.807, 2.05) is 30.3 Å². The van der Waals surface area contributed by atoms with Gasteiger partial charge >= 0.3 is 5.97 Å². The largest absolute Gasteiger partial charge is 0.456 e. The molecule has 0 atom stereocenters. The Morgan fingerprint density at radius 2 is 1.94 bits per heavy atom. The number of anilines is 1. The fraction of sp³-hybridized carbons (Fsp3) is 0.0833. The molecule has 2 rings (SSSR count). The Morgan fingerprint density at radius 3 is 2.59 bits per heavy atom. The van der Waals surface area contributed by atoms with Gasteiger partial charge in [-0.3, -0.25) is 0 Å². The molecule has 0 radical (unpaired) electrons. The van der Waals surface area contributed by atoms with Crippen LogP contribution in [0.2, 0.25) is 0 Å². The summed E-state index contributed by atoms with van der Waals surface area (Å²) in [5, 5.41) is 0. The normalized spacial score (nSPS) is 9.88. The van der Waals surface area contributed by atoms with Gasteiger partial charge in [0.2, 0.25) is 0 Å². The molecule has 0 aliphatic rings. The maximum Gasteiger partial charge on any atom is 0.358 e. The molecule has 5 heteroatoms. The summed E-state index contributed by atoms with van der Waals surface area (Å²) in [6, 6.07) is 9.42. The van der Waals surface area contributed by atoms with Gasteiger partial charge in [0.1, 0.15) is 12.4 Å². The van der Waals surface area contributed by atoms with Crippen molar-refractivity contribution in [2.45, 2.75) is 6.61 Å². The van der Waals surface area contributed by atoms with Gasteiger partial charge in [-0.1, -0.05) is 30.3 Å². The monoisotopic (exact) mass is 229 g/mol. The van der Waals surface area contributed by atoms with Crippen molar-refractivity contribution in [2.75, 3.05) is 5.73 Å². The summed E-state index contributed by atoms with van der Waals surface area (Å²) in [6.45, 7) is 0.214. The average Bonchev–Trinajstić information content (AvgIpc) is 2.38. The summed E-state index contributed by atoms with van der Waals surface area (Å²) in [5.41, 5.74) is 6.43. The van der Waals surface area contributed by atoms with Crippen LogP contribution in [-0.2, 0) is 11.3 Å². The molecule has 86 valence electrons. The first-order chi connectivity index (χ1) is 8.25. The number of nitrogen functional groups attached to an aromatic ring is 1. The minimum Gasteiger partial charge on any atom is -0.456 e. The summed E-state index contributed by atoms with van der Waals surface area (Å²) in [7, 11) is 0. The summed E-state index contributed by atoms with van der Waals surface area (Å²) in [6.07, 6.45) is 2.61. The van der Waals surface area contributed by atoms with Crippen molar-refractivity contribution in [3.8, 4) is 0 Å². The van der Waals surface area contributed by atoms with Crippen molar-refractivity contribution in [1.29, 1.82) is 0 Å². The van der Waals surface area contributed by atoms with Crippen molar-refractivity contribution in [3.63, 3.8) is 0 Å². The Hall–Kier alpha value is -2.43. The summed E-state index contributed by atoms with van der Waals surface area (Å²) in [5.74, 6) is -0.244. The first-order valence-electron chi connectivity index (χ1n) is 5.04. The fourth-order valence-corrected chi connectivity index (χ4v) is 1.24. The molecule has 0 spiro atoms. The van der Waals surface area contributed by atoms with Gasteiger partial charge in [0.15, 0.2) is 5.69 Å². The number of hydrogen-bond donors (Lipinski definition) is 1. The highest BCUT2D eigenvalue weighted by Gasteiger charge is 2.08. The quantitative estimate of drug-likeness (QED) is 0.805. The topological polar surface area (TPSA) is 78.1 Å². The number of esters is 1. The molecule has 1 aromatic carbocycles. The Kier molecular flexibility index (Phi) is 3.30. The van der Waals surface area contributed by atoms with E-state index in [1.165, 1.54) is 12.4 Å². The second kappa shape index (κ2) is 5.07. The van der Waals surface area contributed by atoms with E-state index in [-0.39, 0.29) is 18.1 Å². The molecule has 0 bridgehead atoms. The third-order valence-electron chi connectivity index (χ3n) is 2.09. The van der Waals surface area contributed by atoms with Crippen molar-refractivity contribution in [3.05, 3.63) is 54.0 Å². The van der Waals surface area contributed by atoms with E-state index in [1.54, 1.807) is 0 Å². The second-order valence-corrected chi connectivity index (χ2v) is 3.39. The highest BCUT2D eigenvalue weighted by molar-refractivity contribution is 5.86. The smallest absolute Gasteiger partial charge is 0.358 e. The molecule has 17 heavy (non-hydrogen) atoms. The van der Waals surface area contributed by atoms with Crippen LogP contribution >= 0.6 is 0 Å². The average molecular weight is 229 g/mol. The molecule has 0 saturated heterocycles. The zero-order valence-electron chi connectivity index (χ0n) is 9.04. The van der Waals surface area contributed by atoms with Gasteiger partial charge in [-0.25, -0.2) is 14.8 Å². The van der Waals surface area contributed by atoms with Gasteiger partial charge in [-0.05, 0) is 5.56 Å². The molecule has 0 aliphatic heterocycles. The maximum atomic E-state index is 11.6. The number of benzene rings is 1. The van der Waals surface area contributed by atoms with Crippen molar-refractivity contribution >= 4 is 11.8 Å². The highest BCUT2D eigenvalue weighted by Crippen LogP contribution is 2.04. The third-order valence-corrected chi connectivity index (χ3v) is 2.09. The lowest BCUT2D eigenvalue weighted by atomic mass is 10.2. The molecule has 0 fully saturated rings. The van der Waals surface area contributed by atoms with E-state index in [2.05, 4.69) is 9.97 Å². The molecule has 2 N–H and O–H groups in total. The zero-order valence-corrected chi connectivity index (χ0v) is 9.04. The molecule has 2 aromatic rings. The van der Waals surface area contributed by atoms with Crippen LogP contribution in [0.1, 0.15) is 16.1 Å². The van der Waals surface area contributed by atoms with Gasteiger partial charge in [0.05, 0.1) is 12.4 Å². The molecule has 0 aliphatic carbocycles. The van der Waals surface area contributed by atoms with E-state index < -0.39 is 5.97 Å². The number of rotatable bonds is 3. The molecular formula is C12H11N3O2. The Bertz CT molecular complexity index is 497. The van der Waals surface area contributed by atoms with Gasteiger partial charge in [-0.15, -0.1) is 0 Å². The predicted molar refractivity (Wildman–Crippen MR) is 62.0 cm³/mol. The number of nitrogens with two attached hydrogens (primary N) is 1. The van der Waals surface area contributed by atoms with Crippen LogP contribution in [0, 0.1) is 0 Å². The highest BCUT2D eigenvalue weighted by atomic mass is 16.5. The maximum absolute atomic E-state index is 11.6. The standard InChI is InChI=1S/C12H11N3O2/c13-11-7-14-10(6-15-11)12(16)17-8-9-4-2-1-3-5-9/h1-7H,8H2,(H2,13,15). The van der Waals surface area contributed by atoms with Crippen LogP contribution in [0.5, 0.6) is 0 Å². The summed E-state index contributed by atoms with van der Waals surface area (Å²) >= 11 is 0. The lowest BCUT2D eigenvalue weighted by molar-refractivity contribution is 0.0465. The fourth-order valence-electron chi connectivity index (χ4n) is 1.24. The predicted octanol–water partition coefficient (Wildman–Crippen LogP) is 1.42. The first-order valence-corrected chi connectivity index (χ1v) is 5.04. The molecule has 5 nitrogen and oxygen atoms in total. The van der Waals surface area contributed by atoms with Crippen LogP contribution in [0.15, 0.2) is 42.7 Å². The van der Waals surface area contributed by atoms with Crippen LogP contribution in [0.25, 0.3) is 0 Å². The number of aromatic nitrogens is 2. The Balaban J connectivity index is 1.96. The van der Waals surface area contributed by atoms with Gasteiger partial charge in [0.25, 0.3) is 0 Å². The minimum absolute atomic E-state index is 0.148. The first kappa shape index (κ1) is 11.1. The molecule has 0 unspecified atom stereocenters. The molecule has 0 amide bonds. The number of nitrogens with zero attached hydrogens (tertiary/aromatic N) is 2. The van der Waals surface area contributed by atoms with Crippen LogP contribution in [0.3, 0.4) is 0 Å². The van der Waals surface area contributed by atoms with Crippen LogP contribution in [-0.4, -0.2) is 15.9 Å². The van der Waals surface area contributed by atoms with Crippen LogP contribution < -0.4 is 5.73 Å². The SMILES string of the molecule is Nc1cnc(C(=O)OCc2ccccc2)cn1. The van der Waals surface area contributed by atoms with Gasteiger partial charge < -0.3 is 10.5 Å². The number of carbonyl (C=O) groups is 1. The molecular weight excluding hydrogens is 218 g/mol. The number of carbonyl (C=O) groups excluding carboxylic acids is 1. The van der Waals surface area contributed by atoms with Crippen molar-refractivity contribution in [2.24, 2.45) is 0 Å². The van der Waals surface area contributed by atoms with E-state index in [9.17, 15) is 4.79 Å². The minimum atomic E-state index is -0.513. The lowest BCUT2D eigenvalue weighted by Crippen LogP contribution is -2.08. The summed E-state index contributed by atoms with van der Waals surface area (Å²) in [4.78, 5) is 19.2. The second-order valence-electron chi connectivity index (χ2n) is 3.39. The molecule has 1 heterocycles. The zero-order chi connectivity index (χ0) is 12.1. The van der Waals surface area contributed by atoms with Crippen molar-refractivity contribution in [1.82, 2.24) is 9.97 Å². The molecule has 1 aromatic heterocycles. The lowest BCUT2D eigenvalue weighted by Gasteiger charge is -2.03. The van der Waals surface area contributed by atoms with E-state index in [0.717, 1.165) is 5.56 Å².